The number of allylic oxidation sites excluding steroid dienone is 6. The number of cyclic esters (lactones) is 1. The van der Waals surface area contributed by atoms with Gasteiger partial charge in [-0.2, -0.15) is 0 Å². The number of aliphatic carboxylic acids is 1. The minimum Gasteiger partial charge on any atom is -0.481 e. The minimum atomic E-state index is -2.10. The van der Waals surface area contributed by atoms with Crippen molar-refractivity contribution in [3.05, 3.63) is 60.8 Å². The van der Waals surface area contributed by atoms with E-state index in [0.29, 0.717) is 6.42 Å². The third kappa shape index (κ3) is 11.6. The zero-order valence-electron chi connectivity index (χ0n) is 28.6. The summed E-state index contributed by atoms with van der Waals surface area (Å²) in [6, 6.07) is -1.08. The van der Waals surface area contributed by atoms with Gasteiger partial charge in [0.25, 0.3) is 0 Å². The summed E-state index contributed by atoms with van der Waals surface area (Å²) >= 11 is 0. The third-order valence-corrected chi connectivity index (χ3v) is 9.35. The Bertz CT molecular complexity index is 1270. The number of aliphatic hydroxyl groups excluding tert-OH is 4. The molecule has 4 aliphatic heterocycles. The minimum absolute atomic E-state index is 0.0816. The lowest BCUT2D eigenvalue weighted by atomic mass is 9.83. The van der Waals surface area contributed by atoms with Crippen molar-refractivity contribution in [1.82, 2.24) is 0 Å². The van der Waals surface area contributed by atoms with Crippen LogP contribution in [-0.2, 0) is 33.3 Å². The third-order valence-electron chi connectivity index (χ3n) is 9.35. The maximum atomic E-state index is 12.5. The van der Waals surface area contributed by atoms with Crippen LogP contribution in [0.1, 0.15) is 65.2 Å². The summed E-state index contributed by atoms with van der Waals surface area (Å²) < 4.78 is 29.0. The molecule has 4 rings (SSSR count). The zero-order chi connectivity index (χ0) is 36.4. The number of nitrogens with two attached hydrogens (primary N) is 1. The number of esters is 1. The lowest BCUT2D eigenvalue weighted by Gasteiger charge is -2.45. The van der Waals surface area contributed by atoms with Gasteiger partial charge in [-0.15, -0.1) is 0 Å². The van der Waals surface area contributed by atoms with E-state index in [-0.39, 0.29) is 25.4 Å². The number of carboxylic acids is 1. The summed E-state index contributed by atoms with van der Waals surface area (Å²) in [7, 11) is 0. The molecule has 14 atom stereocenters. The largest absolute Gasteiger partial charge is 0.481 e. The van der Waals surface area contributed by atoms with Crippen LogP contribution in [0.4, 0.5) is 0 Å². The van der Waals surface area contributed by atoms with Crippen LogP contribution < -0.4 is 5.73 Å². The fraction of sp³-hybridized carbons (Fsp3) is 0.667. The van der Waals surface area contributed by atoms with Gasteiger partial charge in [0.2, 0.25) is 0 Å². The van der Waals surface area contributed by atoms with Gasteiger partial charge in [-0.3, -0.25) is 4.79 Å². The molecule has 280 valence electrons. The number of carboxylic acid groups (broad SMARTS) is 1. The molecule has 50 heavy (non-hydrogen) atoms. The summed E-state index contributed by atoms with van der Waals surface area (Å²) in [5.74, 6) is -5.41. The number of epoxide rings is 1. The van der Waals surface area contributed by atoms with Gasteiger partial charge in [-0.25, -0.2) is 4.79 Å². The van der Waals surface area contributed by atoms with E-state index in [1.54, 1.807) is 43.4 Å². The number of rotatable bonds is 6. The Morgan fingerprint density at radius 3 is 2.42 bits per heavy atom. The molecule has 3 fully saturated rings. The Hall–Kier alpha value is -2.76. The highest BCUT2D eigenvalue weighted by molar-refractivity contribution is 5.82. The predicted molar refractivity (Wildman–Crippen MR) is 179 cm³/mol. The van der Waals surface area contributed by atoms with Crippen LogP contribution in [0.2, 0.25) is 0 Å². The van der Waals surface area contributed by atoms with Crippen molar-refractivity contribution in [2.45, 2.75) is 144 Å². The maximum absolute atomic E-state index is 12.5. The second-order valence-electron chi connectivity index (χ2n) is 13.5. The molecule has 0 aliphatic carbocycles. The molecule has 14 heteroatoms. The van der Waals surface area contributed by atoms with Gasteiger partial charge >= 0.3 is 11.9 Å². The zero-order valence-corrected chi connectivity index (χ0v) is 28.6. The molecule has 0 aromatic carbocycles. The summed E-state index contributed by atoms with van der Waals surface area (Å²) in [6.45, 7) is 3.64. The molecule has 4 heterocycles. The number of carbonyl (C=O) groups excluding carboxylic acids is 1. The van der Waals surface area contributed by atoms with Gasteiger partial charge in [0.1, 0.15) is 24.2 Å². The monoisotopic (exact) mass is 707 g/mol. The highest BCUT2D eigenvalue weighted by atomic mass is 16.7. The first-order chi connectivity index (χ1) is 23.8. The van der Waals surface area contributed by atoms with Crippen molar-refractivity contribution < 1.29 is 63.9 Å². The van der Waals surface area contributed by atoms with Crippen LogP contribution in [0.15, 0.2) is 60.8 Å². The molecule has 0 saturated carbocycles. The van der Waals surface area contributed by atoms with E-state index in [9.17, 15) is 40.2 Å². The van der Waals surface area contributed by atoms with Gasteiger partial charge in [0.05, 0.1) is 48.8 Å². The number of hydrogen-bond acceptors (Lipinski definition) is 13. The summed E-state index contributed by atoms with van der Waals surface area (Å²) in [5.41, 5.74) is 6.00. The first-order valence-corrected chi connectivity index (χ1v) is 17.4. The average Bonchev–Trinajstić information content (AvgIpc) is 3.78. The van der Waals surface area contributed by atoms with Crippen LogP contribution in [0.25, 0.3) is 0 Å². The molecular formula is C36H53NO13. The summed E-state index contributed by atoms with van der Waals surface area (Å²) in [4.78, 5) is 24.8. The molecule has 0 spiro atoms. The normalized spacial score (nSPS) is 41.9. The topological polar surface area (TPSA) is 231 Å². The molecule has 2 bridgehead atoms. The van der Waals surface area contributed by atoms with E-state index in [2.05, 4.69) is 6.92 Å². The van der Waals surface area contributed by atoms with Crippen molar-refractivity contribution in [3.63, 3.8) is 0 Å². The van der Waals surface area contributed by atoms with Crippen molar-refractivity contribution in [2.75, 3.05) is 0 Å². The van der Waals surface area contributed by atoms with E-state index < -0.39 is 97.3 Å². The molecular weight excluding hydrogens is 654 g/mol. The van der Waals surface area contributed by atoms with Gasteiger partial charge in [-0.1, -0.05) is 68.4 Å². The van der Waals surface area contributed by atoms with Crippen molar-refractivity contribution >= 4 is 11.9 Å². The number of unbranched alkanes of at least 4 members (excludes halogenated alkanes) is 1. The lowest BCUT2D eigenvalue weighted by molar-refractivity contribution is -0.308. The predicted octanol–water partition coefficient (Wildman–Crippen LogP) is 1.29. The van der Waals surface area contributed by atoms with Crippen LogP contribution in [0, 0.1) is 5.92 Å². The number of fused-ring (bicyclic) bond motifs is 3. The van der Waals surface area contributed by atoms with E-state index in [1.165, 1.54) is 6.08 Å². The van der Waals surface area contributed by atoms with Crippen LogP contribution in [-0.4, -0.2) is 122 Å². The SMILES string of the molecule is CCCC[C@@H]1CC=CC=CC=CC=C[C@H](O[C@@H]2O[C@H](C)[C@H](O)[C@H](N)[C@@H]2O)C[C@H]2O[C@@](O)(C[C@H](O)C[C@@H]3O[C@@H]3C=CC(=O)O1)C[C@H](O)[C@H]2C(=O)O. The van der Waals surface area contributed by atoms with E-state index in [1.807, 2.05) is 18.2 Å². The van der Waals surface area contributed by atoms with Gasteiger partial charge in [-0.05, 0) is 19.4 Å². The Balaban J connectivity index is 1.58. The Labute approximate surface area is 292 Å². The Morgan fingerprint density at radius 1 is 0.980 bits per heavy atom. The second-order valence-corrected chi connectivity index (χ2v) is 13.5. The Morgan fingerprint density at radius 2 is 1.70 bits per heavy atom. The highest BCUT2D eigenvalue weighted by Crippen LogP contribution is 2.39. The number of ether oxygens (including phenoxy) is 5. The quantitative estimate of drug-likeness (QED) is 0.152. The van der Waals surface area contributed by atoms with E-state index in [0.717, 1.165) is 19.3 Å². The average molecular weight is 708 g/mol. The highest BCUT2D eigenvalue weighted by Gasteiger charge is 2.51. The van der Waals surface area contributed by atoms with Gasteiger partial charge in [0.15, 0.2) is 12.1 Å². The molecule has 0 aromatic rings. The van der Waals surface area contributed by atoms with Gasteiger partial charge in [0, 0.05) is 38.2 Å². The van der Waals surface area contributed by atoms with Crippen LogP contribution >= 0.6 is 0 Å². The van der Waals surface area contributed by atoms with Crippen molar-refractivity contribution in [2.24, 2.45) is 11.7 Å². The van der Waals surface area contributed by atoms with Gasteiger partial charge < -0.3 is 60.1 Å². The molecule has 0 radical (unpaired) electrons. The maximum Gasteiger partial charge on any atom is 0.330 e. The smallest absolute Gasteiger partial charge is 0.330 e. The van der Waals surface area contributed by atoms with E-state index >= 15 is 0 Å². The lowest BCUT2D eigenvalue weighted by Crippen LogP contribution is -2.61. The standard InChI is InChI=1S/C36H53NO13/c1-3-4-12-23-13-10-8-6-5-7-9-11-14-24(48-35-33(42)31(37)32(41)21(2)46-35)18-28-30(34(43)44)25(39)20-36(45,50-28)19-22(38)17-27-26(49-27)15-16-29(40)47-23/h5-11,14-16,21-28,30-33,35,38-39,41-42,45H,3-4,12-13,17-20,37H2,1-2H3,(H,43,44)/t21-,22-,23-,24+,25+,26-,27+,28-,30-,31+,32+,33+,35+,36+/m1/s1. The fourth-order valence-corrected chi connectivity index (χ4v) is 6.54. The summed E-state index contributed by atoms with van der Waals surface area (Å²) in [6.07, 6.45) is 8.24. The molecule has 14 nitrogen and oxygen atoms in total. The van der Waals surface area contributed by atoms with Crippen LogP contribution in [0.3, 0.4) is 0 Å². The summed E-state index contributed by atoms with van der Waals surface area (Å²) in [5, 5.41) is 64.2. The molecule has 8 N–H and O–H groups in total. The number of hydrogen-bond donors (Lipinski definition) is 7. The Kier molecular flexibility index (Phi) is 14.9. The number of aliphatic hydroxyl groups is 5. The molecule has 0 unspecified atom stereocenters. The molecule has 0 amide bonds. The van der Waals surface area contributed by atoms with E-state index in [4.69, 9.17) is 29.4 Å². The first kappa shape index (κ1) is 40.0. The van der Waals surface area contributed by atoms with Crippen molar-refractivity contribution in [1.29, 1.82) is 0 Å². The molecule has 3 saturated heterocycles. The molecule has 4 aliphatic rings. The first-order valence-electron chi connectivity index (χ1n) is 17.4. The second kappa shape index (κ2) is 18.6. The van der Waals surface area contributed by atoms with Crippen molar-refractivity contribution in [3.8, 4) is 0 Å². The number of carbonyl (C=O) groups is 2. The van der Waals surface area contributed by atoms with Crippen LogP contribution in [0.5, 0.6) is 0 Å². The fourth-order valence-electron chi connectivity index (χ4n) is 6.54. The molecule has 0 aromatic heterocycles.